The molecular formula is C23H29N7O3S. The second-order valence-corrected chi connectivity index (χ2v) is 10.6. The van der Waals surface area contributed by atoms with Crippen molar-refractivity contribution in [2.75, 3.05) is 37.6 Å². The predicted molar refractivity (Wildman–Crippen MR) is 128 cm³/mol. The van der Waals surface area contributed by atoms with Gasteiger partial charge in [-0.1, -0.05) is 6.07 Å². The molecule has 1 saturated heterocycles. The highest BCUT2D eigenvalue weighted by atomic mass is 32.2. The summed E-state index contributed by atoms with van der Waals surface area (Å²) >= 11 is 0. The molecule has 0 atom stereocenters. The number of benzene rings is 1. The number of carbonyl (C=O) groups excluding carboxylic acids is 1. The smallest absolute Gasteiger partial charge is 0.240 e. The van der Waals surface area contributed by atoms with Gasteiger partial charge in [0.15, 0.2) is 5.65 Å². The molecule has 0 bridgehead atoms. The molecule has 1 aliphatic heterocycles. The summed E-state index contributed by atoms with van der Waals surface area (Å²) in [5, 5.41) is 5.15. The Morgan fingerprint density at radius 3 is 2.62 bits per heavy atom. The highest BCUT2D eigenvalue weighted by molar-refractivity contribution is 7.89. The van der Waals surface area contributed by atoms with Gasteiger partial charge in [0.1, 0.15) is 12.1 Å². The molecule has 2 aromatic heterocycles. The third kappa shape index (κ3) is 4.49. The lowest BCUT2D eigenvalue weighted by atomic mass is 9.92. The molecule has 180 valence electrons. The molecule has 1 fully saturated rings. The maximum Gasteiger partial charge on any atom is 0.240 e. The maximum absolute atomic E-state index is 12.7. The molecule has 34 heavy (non-hydrogen) atoms. The van der Waals surface area contributed by atoms with E-state index in [0.717, 1.165) is 48.1 Å². The molecule has 11 heteroatoms. The van der Waals surface area contributed by atoms with Crippen LogP contribution in [0.4, 0.5) is 5.82 Å². The number of amides is 1. The molecule has 1 aromatic carbocycles. The summed E-state index contributed by atoms with van der Waals surface area (Å²) in [6.45, 7) is 2.49. The van der Waals surface area contributed by atoms with Crippen LogP contribution in [0.2, 0.25) is 0 Å². The molecule has 1 amide bonds. The fourth-order valence-corrected chi connectivity index (χ4v) is 5.86. The van der Waals surface area contributed by atoms with Gasteiger partial charge in [0.25, 0.3) is 0 Å². The Labute approximate surface area is 199 Å². The summed E-state index contributed by atoms with van der Waals surface area (Å²) < 4.78 is 29.8. The number of aromatic nitrogens is 4. The second-order valence-electron chi connectivity index (χ2n) is 8.86. The number of rotatable bonds is 6. The Balaban J connectivity index is 1.14. The van der Waals surface area contributed by atoms with E-state index in [1.807, 2.05) is 13.1 Å². The molecule has 0 spiro atoms. The third-order valence-electron chi connectivity index (χ3n) is 6.70. The van der Waals surface area contributed by atoms with E-state index >= 15 is 0 Å². The standard InChI is InChI=1S/C23H29N7O3S/c1-28-22-20(15-26-28)23(25-16-24-22)30-12-10-29(11-13-30)21(31)8-9-27-34(32,33)19-7-6-17-4-2-3-5-18(17)14-19/h6-7,14-16,27H,2-5,8-13H2,1H3. The van der Waals surface area contributed by atoms with Gasteiger partial charge >= 0.3 is 0 Å². The van der Waals surface area contributed by atoms with Crippen molar-refractivity contribution in [1.82, 2.24) is 29.4 Å². The number of sulfonamides is 1. The van der Waals surface area contributed by atoms with E-state index in [-0.39, 0.29) is 23.8 Å². The summed E-state index contributed by atoms with van der Waals surface area (Å²) in [7, 11) is -1.79. The van der Waals surface area contributed by atoms with Crippen LogP contribution in [-0.4, -0.2) is 71.7 Å². The van der Waals surface area contributed by atoms with Gasteiger partial charge in [-0.05, 0) is 48.9 Å². The van der Waals surface area contributed by atoms with E-state index in [9.17, 15) is 13.2 Å². The van der Waals surface area contributed by atoms with Gasteiger partial charge in [-0.15, -0.1) is 0 Å². The number of anilines is 1. The lowest BCUT2D eigenvalue weighted by molar-refractivity contribution is -0.131. The fourth-order valence-electron chi connectivity index (χ4n) is 4.78. The predicted octanol–water partition coefficient (Wildman–Crippen LogP) is 1.26. The van der Waals surface area contributed by atoms with Crippen molar-refractivity contribution in [3.8, 4) is 0 Å². The SMILES string of the molecule is Cn1ncc2c(N3CCN(C(=O)CCNS(=O)(=O)c4ccc5c(c4)CCCC5)CC3)ncnc21. The molecule has 0 unspecified atom stereocenters. The van der Waals surface area contributed by atoms with E-state index < -0.39 is 10.0 Å². The fraction of sp³-hybridized carbons (Fsp3) is 0.478. The topological polar surface area (TPSA) is 113 Å². The highest BCUT2D eigenvalue weighted by Crippen LogP contribution is 2.25. The number of nitrogens with zero attached hydrogens (tertiary/aromatic N) is 6. The van der Waals surface area contributed by atoms with E-state index in [1.54, 1.807) is 27.9 Å². The Kier molecular flexibility index (Phi) is 6.22. The summed E-state index contributed by atoms with van der Waals surface area (Å²) in [6.07, 6.45) is 7.60. The molecule has 10 nitrogen and oxygen atoms in total. The highest BCUT2D eigenvalue weighted by Gasteiger charge is 2.24. The first-order valence-corrected chi connectivity index (χ1v) is 13.2. The quantitative estimate of drug-likeness (QED) is 0.562. The van der Waals surface area contributed by atoms with Crippen LogP contribution in [0, 0.1) is 0 Å². The van der Waals surface area contributed by atoms with Gasteiger partial charge in [0, 0.05) is 46.2 Å². The molecule has 1 aliphatic carbocycles. The molecule has 2 aliphatic rings. The zero-order valence-corrected chi connectivity index (χ0v) is 20.1. The number of piperazine rings is 1. The van der Waals surface area contributed by atoms with Gasteiger partial charge in [-0.25, -0.2) is 23.1 Å². The average molecular weight is 484 g/mol. The number of aryl methyl sites for hydroxylation is 3. The lowest BCUT2D eigenvalue weighted by Crippen LogP contribution is -2.49. The molecule has 0 radical (unpaired) electrons. The van der Waals surface area contributed by atoms with Gasteiger partial charge in [-0.2, -0.15) is 5.10 Å². The molecule has 0 saturated carbocycles. The first kappa shape index (κ1) is 22.7. The number of fused-ring (bicyclic) bond motifs is 2. The van der Waals surface area contributed by atoms with Crippen LogP contribution in [-0.2, 0) is 34.7 Å². The van der Waals surface area contributed by atoms with Crippen LogP contribution in [0.15, 0.2) is 35.6 Å². The van der Waals surface area contributed by atoms with Crippen LogP contribution in [0.25, 0.3) is 11.0 Å². The zero-order chi connectivity index (χ0) is 23.7. The van der Waals surface area contributed by atoms with E-state index in [4.69, 9.17) is 0 Å². The van der Waals surface area contributed by atoms with Crippen LogP contribution in [0.5, 0.6) is 0 Å². The van der Waals surface area contributed by atoms with E-state index in [2.05, 4.69) is 24.7 Å². The Hall–Kier alpha value is -3.05. The van der Waals surface area contributed by atoms with Crippen molar-refractivity contribution in [2.45, 2.75) is 37.0 Å². The number of carbonyl (C=O) groups is 1. The van der Waals surface area contributed by atoms with E-state index in [0.29, 0.717) is 26.2 Å². The number of nitrogens with one attached hydrogen (secondary N) is 1. The minimum atomic E-state index is -3.63. The minimum absolute atomic E-state index is 0.0537. The number of hydrogen-bond acceptors (Lipinski definition) is 7. The maximum atomic E-state index is 12.7. The summed E-state index contributed by atoms with van der Waals surface area (Å²) in [4.78, 5) is 25.6. The van der Waals surface area contributed by atoms with Gasteiger partial charge < -0.3 is 9.80 Å². The van der Waals surface area contributed by atoms with E-state index in [1.165, 1.54) is 11.9 Å². The van der Waals surface area contributed by atoms with Crippen LogP contribution in [0.1, 0.15) is 30.4 Å². The first-order valence-electron chi connectivity index (χ1n) is 11.7. The molecular weight excluding hydrogens is 454 g/mol. The minimum Gasteiger partial charge on any atom is -0.352 e. The third-order valence-corrected chi connectivity index (χ3v) is 8.16. The van der Waals surface area contributed by atoms with Crippen molar-refractivity contribution in [1.29, 1.82) is 0 Å². The Morgan fingerprint density at radius 2 is 1.82 bits per heavy atom. The van der Waals surface area contributed by atoms with Crippen LogP contribution < -0.4 is 9.62 Å². The normalized spacial score (nSPS) is 16.6. The van der Waals surface area contributed by atoms with Crippen LogP contribution in [0.3, 0.4) is 0 Å². The van der Waals surface area contributed by atoms with Crippen molar-refractivity contribution >= 4 is 32.8 Å². The van der Waals surface area contributed by atoms with Crippen molar-refractivity contribution < 1.29 is 13.2 Å². The molecule has 3 aromatic rings. The Morgan fingerprint density at radius 1 is 1.06 bits per heavy atom. The lowest BCUT2D eigenvalue weighted by Gasteiger charge is -2.35. The summed E-state index contributed by atoms with van der Waals surface area (Å²) in [6, 6.07) is 5.37. The van der Waals surface area contributed by atoms with Crippen molar-refractivity contribution in [2.24, 2.45) is 7.05 Å². The van der Waals surface area contributed by atoms with Gasteiger partial charge in [-0.3, -0.25) is 9.48 Å². The van der Waals surface area contributed by atoms with Crippen molar-refractivity contribution in [3.05, 3.63) is 41.9 Å². The first-order chi connectivity index (χ1) is 16.4. The number of hydrogen-bond donors (Lipinski definition) is 1. The zero-order valence-electron chi connectivity index (χ0n) is 19.3. The molecule has 1 N–H and O–H groups in total. The Bertz CT molecular complexity index is 1310. The second kappa shape index (κ2) is 9.30. The van der Waals surface area contributed by atoms with Crippen molar-refractivity contribution in [3.63, 3.8) is 0 Å². The summed E-state index contributed by atoms with van der Waals surface area (Å²) in [5.74, 6) is 0.769. The summed E-state index contributed by atoms with van der Waals surface area (Å²) in [5.41, 5.74) is 3.13. The van der Waals surface area contributed by atoms with Crippen LogP contribution >= 0.6 is 0 Å². The molecule has 3 heterocycles. The molecule has 5 rings (SSSR count). The van der Waals surface area contributed by atoms with Gasteiger partial charge in [0.05, 0.1) is 16.5 Å². The largest absolute Gasteiger partial charge is 0.352 e. The monoisotopic (exact) mass is 483 g/mol. The average Bonchev–Trinajstić information content (AvgIpc) is 3.24. The van der Waals surface area contributed by atoms with Gasteiger partial charge in [0.2, 0.25) is 15.9 Å².